The fraction of sp³-hybridized carbons (Fsp3) is 0.200. The Labute approximate surface area is 189 Å². The van der Waals surface area contributed by atoms with Gasteiger partial charge in [-0.15, -0.1) is 0 Å². The smallest absolute Gasteiger partial charge is 0.398 e. The van der Waals surface area contributed by atoms with Crippen molar-refractivity contribution in [3.05, 3.63) is 64.1 Å². The molecule has 1 aliphatic heterocycles. The lowest BCUT2D eigenvalue weighted by Gasteiger charge is -2.27. The first kappa shape index (κ1) is 24.0. The molecule has 0 spiro atoms. The first-order valence-corrected chi connectivity index (χ1v) is 9.73. The van der Waals surface area contributed by atoms with E-state index in [4.69, 9.17) is 23.1 Å². The molecule has 0 fully saturated rings. The molecule has 0 saturated heterocycles. The first-order chi connectivity index (χ1) is 15.5. The maximum absolute atomic E-state index is 13.5. The number of aliphatic imine (C=N–C) groups is 1. The number of nitrogens with two attached hydrogens (primary N) is 2. The zero-order chi connectivity index (χ0) is 24.3. The second-order valence-corrected chi connectivity index (χ2v) is 7.30. The summed E-state index contributed by atoms with van der Waals surface area (Å²) in [6, 6.07) is 4.28. The fourth-order valence-electron chi connectivity index (χ4n) is 3.05. The Kier molecular flexibility index (Phi) is 6.86. The molecule has 0 unspecified atom stereocenters. The molecule has 174 valence electrons. The molecule has 3 amide bonds. The minimum Gasteiger partial charge on any atom is -0.398 e. The van der Waals surface area contributed by atoms with Crippen LogP contribution in [0.15, 0.2) is 47.1 Å². The molecule has 0 atom stereocenters. The number of alkyl halides is 3. The highest BCUT2D eigenvalue weighted by molar-refractivity contribution is 6.31. The minimum absolute atomic E-state index is 0.0764. The topological polar surface area (TPSA) is 127 Å². The summed E-state index contributed by atoms with van der Waals surface area (Å²) in [5.74, 6) is -1.92. The van der Waals surface area contributed by atoms with Gasteiger partial charge in [0.2, 0.25) is 0 Å². The van der Waals surface area contributed by atoms with Gasteiger partial charge in [-0.3, -0.25) is 15.1 Å². The number of urea groups is 1. The van der Waals surface area contributed by atoms with Crippen LogP contribution in [0.4, 0.5) is 28.2 Å². The number of nitrogens with zero attached hydrogens (tertiary/aromatic N) is 3. The molecule has 2 heterocycles. The molecule has 1 aromatic heterocycles. The van der Waals surface area contributed by atoms with E-state index in [9.17, 15) is 27.2 Å². The lowest BCUT2D eigenvalue weighted by atomic mass is 10.0. The minimum atomic E-state index is -4.60. The zero-order valence-electron chi connectivity index (χ0n) is 16.8. The number of nitrogens with one attached hydrogen (secondary N) is 1. The van der Waals surface area contributed by atoms with Gasteiger partial charge in [0.25, 0.3) is 5.91 Å². The van der Waals surface area contributed by atoms with E-state index < -0.39 is 29.5 Å². The molecule has 1 aliphatic rings. The van der Waals surface area contributed by atoms with E-state index in [1.54, 1.807) is 0 Å². The number of hydrogen-bond donors (Lipinski definition) is 3. The first-order valence-electron chi connectivity index (χ1n) is 9.35. The van der Waals surface area contributed by atoms with Gasteiger partial charge in [-0.25, -0.2) is 14.2 Å². The second kappa shape index (κ2) is 9.45. The number of benzene rings is 1. The van der Waals surface area contributed by atoms with E-state index in [1.807, 2.05) is 0 Å². The summed E-state index contributed by atoms with van der Waals surface area (Å²) >= 11 is 5.77. The number of carbonyl (C=O) groups is 2. The maximum Gasteiger partial charge on any atom is 0.416 e. The molecule has 2 aromatic rings. The Morgan fingerprint density at radius 1 is 1.15 bits per heavy atom. The van der Waals surface area contributed by atoms with E-state index in [0.29, 0.717) is 6.07 Å². The van der Waals surface area contributed by atoms with Gasteiger partial charge in [0.15, 0.2) is 0 Å². The number of carbonyl (C=O) groups excluding carboxylic acids is 2. The van der Waals surface area contributed by atoms with Crippen LogP contribution in [0.5, 0.6) is 0 Å². The van der Waals surface area contributed by atoms with Crippen molar-refractivity contribution >= 4 is 40.8 Å². The lowest BCUT2D eigenvalue weighted by molar-refractivity contribution is -0.137. The number of hydrogen-bond acceptors (Lipinski definition) is 5. The van der Waals surface area contributed by atoms with Gasteiger partial charge in [0.1, 0.15) is 11.6 Å². The largest absolute Gasteiger partial charge is 0.416 e. The molecule has 33 heavy (non-hydrogen) atoms. The molecule has 0 bridgehead atoms. The van der Waals surface area contributed by atoms with Gasteiger partial charge >= 0.3 is 12.2 Å². The quantitative estimate of drug-likeness (QED) is 0.455. The van der Waals surface area contributed by atoms with Gasteiger partial charge in [0.05, 0.1) is 40.7 Å². The fourth-order valence-corrected chi connectivity index (χ4v) is 3.23. The van der Waals surface area contributed by atoms with Crippen LogP contribution in [0.3, 0.4) is 0 Å². The van der Waals surface area contributed by atoms with E-state index in [1.165, 1.54) is 17.0 Å². The lowest BCUT2D eigenvalue weighted by Crippen LogP contribution is -2.45. The van der Waals surface area contributed by atoms with E-state index in [0.717, 1.165) is 18.3 Å². The van der Waals surface area contributed by atoms with E-state index in [-0.39, 0.29) is 53.0 Å². The number of aromatic nitrogens is 1. The van der Waals surface area contributed by atoms with Crippen molar-refractivity contribution in [2.24, 2.45) is 16.5 Å². The van der Waals surface area contributed by atoms with Crippen LogP contribution in [0.1, 0.15) is 11.1 Å². The highest BCUT2D eigenvalue weighted by Gasteiger charge is 2.31. The third-order valence-corrected chi connectivity index (χ3v) is 4.95. The SMILES string of the molecule is NC(=O)C(C1=NCCN(C(=O)Nc2cc(C(F)(F)F)ccn2)C1)=C(N)c1ccc(F)c(Cl)c1. The Morgan fingerprint density at radius 3 is 2.52 bits per heavy atom. The number of amides is 3. The van der Waals surface area contributed by atoms with Crippen molar-refractivity contribution in [2.75, 3.05) is 25.0 Å². The average molecular weight is 485 g/mol. The molecule has 0 radical (unpaired) electrons. The standard InChI is InChI=1S/C20H17ClF4N6O2/c21-12-7-10(1-2-13(12)22)17(26)16(18(27)32)14-9-31(6-5-28-14)19(33)30-15-8-11(3-4-29-15)20(23,24)25/h1-4,7-8H,5-6,9,26H2,(H2,27,32)(H,29,30,33). The number of halogens is 5. The summed E-state index contributed by atoms with van der Waals surface area (Å²) in [4.78, 5) is 33.9. The Hall–Kier alpha value is -3.67. The monoisotopic (exact) mass is 484 g/mol. The van der Waals surface area contributed by atoms with Crippen molar-refractivity contribution in [3.8, 4) is 0 Å². The number of primary amides is 1. The summed E-state index contributed by atoms with van der Waals surface area (Å²) in [6.45, 7) is -0.0195. The summed E-state index contributed by atoms with van der Waals surface area (Å²) in [5.41, 5.74) is 10.6. The summed E-state index contributed by atoms with van der Waals surface area (Å²) in [5, 5.41) is 2.06. The van der Waals surface area contributed by atoms with Gasteiger partial charge in [-0.1, -0.05) is 11.6 Å². The Balaban J connectivity index is 1.83. The highest BCUT2D eigenvalue weighted by Crippen LogP contribution is 2.30. The van der Waals surface area contributed by atoms with Crippen molar-refractivity contribution in [2.45, 2.75) is 6.18 Å². The van der Waals surface area contributed by atoms with E-state index >= 15 is 0 Å². The molecular formula is C20H17ClF4N6O2. The van der Waals surface area contributed by atoms with Crippen LogP contribution in [-0.4, -0.2) is 47.2 Å². The van der Waals surface area contributed by atoms with Gasteiger partial charge in [0, 0.05) is 12.7 Å². The summed E-state index contributed by atoms with van der Waals surface area (Å²) < 4.78 is 52.1. The molecule has 0 saturated carbocycles. The van der Waals surface area contributed by atoms with Crippen molar-refractivity contribution in [3.63, 3.8) is 0 Å². The van der Waals surface area contributed by atoms with Crippen LogP contribution in [-0.2, 0) is 11.0 Å². The average Bonchev–Trinajstić information content (AvgIpc) is 2.75. The van der Waals surface area contributed by atoms with Gasteiger partial charge < -0.3 is 16.4 Å². The predicted molar refractivity (Wildman–Crippen MR) is 114 cm³/mol. The molecule has 13 heteroatoms. The zero-order valence-corrected chi connectivity index (χ0v) is 17.5. The van der Waals surface area contributed by atoms with Crippen LogP contribution >= 0.6 is 11.6 Å². The van der Waals surface area contributed by atoms with E-state index in [2.05, 4.69) is 15.3 Å². The van der Waals surface area contributed by atoms with Gasteiger partial charge in [-0.2, -0.15) is 13.2 Å². The Morgan fingerprint density at radius 2 is 1.88 bits per heavy atom. The van der Waals surface area contributed by atoms with Crippen LogP contribution in [0, 0.1) is 5.82 Å². The van der Waals surface area contributed by atoms with Gasteiger partial charge in [-0.05, 0) is 35.9 Å². The predicted octanol–water partition coefficient (Wildman–Crippen LogP) is 3.04. The van der Waals surface area contributed by atoms with Crippen LogP contribution in [0.25, 0.3) is 5.70 Å². The third kappa shape index (κ3) is 5.58. The highest BCUT2D eigenvalue weighted by atomic mass is 35.5. The molecule has 8 nitrogen and oxygen atoms in total. The summed E-state index contributed by atoms with van der Waals surface area (Å²) in [6.07, 6.45) is -3.68. The molecule has 0 aliphatic carbocycles. The van der Waals surface area contributed by atoms with Crippen LogP contribution < -0.4 is 16.8 Å². The number of pyridine rings is 1. The molecule has 1 aromatic carbocycles. The van der Waals surface area contributed by atoms with Crippen molar-refractivity contribution < 1.29 is 27.2 Å². The van der Waals surface area contributed by atoms with Crippen LogP contribution in [0.2, 0.25) is 5.02 Å². The molecule has 3 rings (SSSR count). The van der Waals surface area contributed by atoms with Crippen molar-refractivity contribution in [1.29, 1.82) is 0 Å². The van der Waals surface area contributed by atoms with Crippen molar-refractivity contribution in [1.82, 2.24) is 9.88 Å². The summed E-state index contributed by atoms with van der Waals surface area (Å²) in [7, 11) is 0. The number of rotatable bonds is 4. The molecule has 5 N–H and O–H groups in total. The maximum atomic E-state index is 13.5. The number of anilines is 1. The Bertz CT molecular complexity index is 1170. The normalized spacial score (nSPS) is 14.9. The second-order valence-electron chi connectivity index (χ2n) is 6.89. The molecular weight excluding hydrogens is 468 g/mol. The third-order valence-electron chi connectivity index (χ3n) is 4.66.